The number of nitrogens with two attached hydrogens (primary N) is 1. The van der Waals surface area contributed by atoms with Gasteiger partial charge < -0.3 is 10.6 Å². The van der Waals surface area contributed by atoms with E-state index in [1.807, 2.05) is 11.8 Å². The van der Waals surface area contributed by atoms with Crippen molar-refractivity contribution in [2.45, 2.75) is 27.2 Å². The number of nitrogens with zero attached hydrogens (tertiary/aromatic N) is 2. The summed E-state index contributed by atoms with van der Waals surface area (Å²) in [6, 6.07) is 1.68. The molecule has 0 fully saturated rings. The number of hydrogen-bond acceptors (Lipinski definition) is 3. The van der Waals surface area contributed by atoms with E-state index < -0.39 is 0 Å². The van der Waals surface area contributed by atoms with Crippen molar-refractivity contribution >= 4 is 11.6 Å². The van der Waals surface area contributed by atoms with Crippen LogP contribution in [0.15, 0.2) is 18.5 Å². The highest BCUT2D eigenvalue weighted by molar-refractivity contribution is 5.98. The van der Waals surface area contributed by atoms with Gasteiger partial charge in [-0.25, -0.2) is 0 Å². The second kappa shape index (κ2) is 6.23. The van der Waals surface area contributed by atoms with Gasteiger partial charge in [0, 0.05) is 19.3 Å². The summed E-state index contributed by atoms with van der Waals surface area (Å²) >= 11 is 0. The van der Waals surface area contributed by atoms with Crippen molar-refractivity contribution in [1.29, 1.82) is 0 Å². The van der Waals surface area contributed by atoms with Crippen LogP contribution in [0.5, 0.6) is 0 Å². The highest BCUT2D eigenvalue weighted by atomic mass is 16.2. The maximum atomic E-state index is 12.3. The van der Waals surface area contributed by atoms with E-state index in [4.69, 9.17) is 5.73 Å². The lowest BCUT2D eigenvalue weighted by molar-refractivity contribution is 0.0742. The predicted octanol–water partition coefficient (Wildman–Crippen LogP) is 2.17. The number of carbonyl (C=O) groups excluding carboxylic acids is 1. The first-order chi connectivity index (χ1) is 8.10. The largest absolute Gasteiger partial charge is 0.397 e. The van der Waals surface area contributed by atoms with Gasteiger partial charge in [-0.1, -0.05) is 20.3 Å². The van der Waals surface area contributed by atoms with E-state index >= 15 is 0 Å². The van der Waals surface area contributed by atoms with Crippen LogP contribution >= 0.6 is 0 Å². The Hall–Kier alpha value is -1.58. The Morgan fingerprint density at radius 1 is 1.53 bits per heavy atom. The summed E-state index contributed by atoms with van der Waals surface area (Å²) in [5.41, 5.74) is 6.76. The molecule has 0 bridgehead atoms. The van der Waals surface area contributed by atoms with Gasteiger partial charge in [-0.05, 0) is 18.9 Å². The van der Waals surface area contributed by atoms with Crippen molar-refractivity contribution in [2.75, 3.05) is 18.8 Å². The molecule has 1 atom stereocenters. The molecule has 0 saturated heterocycles. The van der Waals surface area contributed by atoms with Gasteiger partial charge in [-0.15, -0.1) is 0 Å². The van der Waals surface area contributed by atoms with Crippen molar-refractivity contribution in [1.82, 2.24) is 9.88 Å². The van der Waals surface area contributed by atoms with Crippen molar-refractivity contribution < 1.29 is 4.79 Å². The van der Waals surface area contributed by atoms with Crippen LogP contribution < -0.4 is 5.73 Å². The van der Waals surface area contributed by atoms with Crippen LogP contribution in [-0.4, -0.2) is 28.9 Å². The van der Waals surface area contributed by atoms with Crippen LogP contribution in [0.3, 0.4) is 0 Å². The number of carbonyl (C=O) groups is 1. The van der Waals surface area contributed by atoms with E-state index in [0.717, 1.165) is 13.0 Å². The van der Waals surface area contributed by atoms with E-state index in [1.165, 1.54) is 6.20 Å². The Labute approximate surface area is 103 Å². The molecule has 1 rings (SSSR count). The summed E-state index contributed by atoms with van der Waals surface area (Å²) in [4.78, 5) is 18.0. The topological polar surface area (TPSA) is 59.2 Å². The number of hydrogen-bond donors (Lipinski definition) is 1. The van der Waals surface area contributed by atoms with Crippen LogP contribution in [-0.2, 0) is 0 Å². The van der Waals surface area contributed by atoms with E-state index in [9.17, 15) is 4.79 Å². The third-order valence-corrected chi connectivity index (χ3v) is 2.98. The highest BCUT2D eigenvalue weighted by Crippen LogP contribution is 2.14. The van der Waals surface area contributed by atoms with Crippen molar-refractivity contribution in [2.24, 2.45) is 5.92 Å². The first kappa shape index (κ1) is 13.5. The van der Waals surface area contributed by atoms with E-state index in [2.05, 4.69) is 18.8 Å². The van der Waals surface area contributed by atoms with Crippen LogP contribution in [0.4, 0.5) is 5.69 Å². The summed E-state index contributed by atoms with van der Waals surface area (Å²) in [7, 11) is 0. The molecule has 1 unspecified atom stereocenters. The van der Waals surface area contributed by atoms with E-state index in [0.29, 0.717) is 23.7 Å². The standard InChI is InChI=1S/C13H21N3O/c1-4-10(3)9-16(5-2)13(17)11-6-7-15-8-12(11)14/h6-8,10H,4-5,9,14H2,1-3H3. The van der Waals surface area contributed by atoms with Gasteiger partial charge in [-0.3, -0.25) is 9.78 Å². The second-order valence-electron chi connectivity index (χ2n) is 4.32. The molecule has 1 heterocycles. The van der Waals surface area contributed by atoms with Gasteiger partial charge in [-0.2, -0.15) is 0 Å². The molecular formula is C13H21N3O. The zero-order chi connectivity index (χ0) is 12.8. The molecule has 0 spiro atoms. The van der Waals surface area contributed by atoms with Crippen LogP contribution in [0.2, 0.25) is 0 Å². The number of rotatable bonds is 5. The van der Waals surface area contributed by atoms with Crippen LogP contribution in [0, 0.1) is 5.92 Å². The third kappa shape index (κ3) is 3.44. The molecule has 0 aliphatic heterocycles. The normalized spacial score (nSPS) is 12.2. The quantitative estimate of drug-likeness (QED) is 0.851. The maximum absolute atomic E-state index is 12.3. The summed E-state index contributed by atoms with van der Waals surface area (Å²) in [5, 5.41) is 0. The minimum absolute atomic E-state index is 0.00676. The molecule has 1 aromatic heterocycles. The Bertz CT molecular complexity index is 379. The number of amides is 1. The fourth-order valence-corrected chi connectivity index (χ4v) is 1.63. The Morgan fingerprint density at radius 2 is 2.24 bits per heavy atom. The third-order valence-electron chi connectivity index (χ3n) is 2.98. The second-order valence-corrected chi connectivity index (χ2v) is 4.32. The summed E-state index contributed by atoms with van der Waals surface area (Å²) in [6.07, 6.45) is 4.18. The van der Waals surface area contributed by atoms with Gasteiger partial charge >= 0.3 is 0 Å². The fourth-order valence-electron chi connectivity index (χ4n) is 1.63. The van der Waals surface area contributed by atoms with Crippen molar-refractivity contribution in [3.8, 4) is 0 Å². The van der Waals surface area contributed by atoms with Gasteiger partial charge in [0.1, 0.15) is 0 Å². The Morgan fingerprint density at radius 3 is 2.76 bits per heavy atom. The molecule has 0 aromatic carbocycles. The van der Waals surface area contributed by atoms with Crippen LogP contribution in [0.1, 0.15) is 37.6 Å². The molecule has 94 valence electrons. The minimum Gasteiger partial charge on any atom is -0.397 e. The molecule has 0 aliphatic rings. The summed E-state index contributed by atoms with van der Waals surface area (Å²) in [5.74, 6) is 0.495. The lowest BCUT2D eigenvalue weighted by Gasteiger charge is -2.24. The average Bonchev–Trinajstić information content (AvgIpc) is 2.35. The van der Waals surface area contributed by atoms with E-state index in [1.54, 1.807) is 12.3 Å². The summed E-state index contributed by atoms with van der Waals surface area (Å²) < 4.78 is 0. The van der Waals surface area contributed by atoms with Crippen LogP contribution in [0.25, 0.3) is 0 Å². The van der Waals surface area contributed by atoms with Gasteiger partial charge in [0.25, 0.3) is 5.91 Å². The zero-order valence-corrected chi connectivity index (χ0v) is 10.8. The monoisotopic (exact) mass is 235 g/mol. The molecule has 1 aromatic rings. The zero-order valence-electron chi connectivity index (χ0n) is 10.8. The molecular weight excluding hydrogens is 214 g/mol. The first-order valence-electron chi connectivity index (χ1n) is 6.08. The van der Waals surface area contributed by atoms with Gasteiger partial charge in [0.2, 0.25) is 0 Å². The molecule has 0 aliphatic carbocycles. The fraction of sp³-hybridized carbons (Fsp3) is 0.538. The lowest BCUT2D eigenvalue weighted by Crippen LogP contribution is -2.34. The SMILES string of the molecule is CCC(C)CN(CC)C(=O)c1ccncc1N. The lowest BCUT2D eigenvalue weighted by atomic mass is 10.1. The molecule has 17 heavy (non-hydrogen) atoms. The predicted molar refractivity (Wildman–Crippen MR) is 69.7 cm³/mol. The van der Waals surface area contributed by atoms with Crippen molar-refractivity contribution in [3.05, 3.63) is 24.0 Å². The van der Waals surface area contributed by atoms with E-state index in [-0.39, 0.29) is 5.91 Å². The molecule has 4 nitrogen and oxygen atoms in total. The van der Waals surface area contributed by atoms with Crippen molar-refractivity contribution in [3.63, 3.8) is 0 Å². The summed E-state index contributed by atoms with van der Waals surface area (Å²) in [6.45, 7) is 7.73. The molecule has 1 amide bonds. The first-order valence-corrected chi connectivity index (χ1v) is 6.08. The average molecular weight is 235 g/mol. The molecule has 0 saturated carbocycles. The molecule has 0 radical (unpaired) electrons. The number of aromatic nitrogens is 1. The highest BCUT2D eigenvalue weighted by Gasteiger charge is 2.17. The number of anilines is 1. The smallest absolute Gasteiger partial charge is 0.256 e. The number of pyridine rings is 1. The van der Waals surface area contributed by atoms with Gasteiger partial charge in [0.15, 0.2) is 0 Å². The Balaban J connectivity index is 2.83. The number of nitrogen functional groups attached to an aromatic ring is 1. The minimum atomic E-state index is -0.00676. The van der Waals surface area contributed by atoms with Gasteiger partial charge in [0.05, 0.1) is 17.4 Å². The Kier molecular flexibility index (Phi) is 4.94. The molecule has 4 heteroatoms. The maximum Gasteiger partial charge on any atom is 0.256 e. The molecule has 2 N–H and O–H groups in total.